The second-order valence-electron chi connectivity index (χ2n) is 6.72. The van der Waals surface area contributed by atoms with Crippen LogP contribution in [0.2, 0.25) is 10.0 Å². The molecule has 1 aliphatic rings. The smallest absolute Gasteiger partial charge is 0.222 e. The number of aromatic amines is 1. The maximum absolute atomic E-state index is 6.18. The number of rotatable bonds is 4. The van der Waals surface area contributed by atoms with E-state index in [9.17, 15) is 0 Å². The van der Waals surface area contributed by atoms with Gasteiger partial charge in [-0.1, -0.05) is 50.9 Å². The second kappa shape index (κ2) is 11.5. The second-order valence-corrected chi connectivity index (χ2v) is 7.57. The first-order valence-corrected chi connectivity index (χ1v) is 11.6. The van der Waals surface area contributed by atoms with Gasteiger partial charge in [-0.3, -0.25) is 4.90 Å². The Bertz CT molecular complexity index is 954. The number of hydrogen-bond acceptors (Lipinski definition) is 4. The summed E-state index contributed by atoms with van der Waals surface area (Å²) in [7, 11) is 0. The number of halogens is 2. The molecule has 30 heavy (non-hydrogen) atoms. The van der Waals surface area contributed by atoms with Gasteiger partial charge in [-0.15, -0.1) is 0 Å². The first-order valence-electron chi connectivity index (χ1n) is 10.8. The molecule has 0 radical (unpaired) electrons. The lowest BCUT2D eigenvalue weighted by atomic mass is 9.98. The Labute approximate surface area is 190 Å². The van der Waals surface area contributed by atoms with Crippen molar-refractivity contribution < 1.29 is 0 Å². The summed E-state index contributed by atoms with van der Waals surface area (Å²) in [6, 6.07) is 6.40. The highest BCUT2D eigenvalue weighted by molar-refractivity contribution is 6.31. The number of aromatic nitrogens is 3. The minimum atomic E-state index is 0.333. The summed E-state index contributed by atoms with van der Waals surface area (Å²) in [5, 5.41) is 5.92. The van der Waals surface area contributed by atoms with Crippen LogP contribution in [0.4, 0.5) is 5.95 Å². The zero-order valence-corrected chi connectivity index (χ0v) is 20.3. The van der Waals surface area contributed by atoms with Crippen LogP contribution in [0.15, 0.2) is 24.4 Å². The first-order chi connectivity index (χ1) is 14.5. The fourth-order valence-corrected chi connectivity index (χ4v) is 3.92. The van der Waals surface area contributed by atoms with E-state index in [1.807, 2.05) is 40.7 Å². The van der Waals surface area contributed by atoms with Gasteiger partial charge in [0.25, 0.3) is 0 Å². The van der Waals surface area contributed by atoms with Crippen LogP contribution in [0, 0.1) is 6.92 Å². The summed E-state index contributed by atoms with van der Waals surface area (Å²) in [6.45, 7) is 14.9. The zero-order chi connectivity index (χ0) is 22.3. The van der Waals surface area contributed by atoms with Gasteiger partial charge in [0.1, 0.15) is 0 Å². The van der Waals surface area contributed by atoms with Gasteiger partial charge in [-0.25, -0.2) is 9.97 Å². The third-order valence-corrected chi connectivity index (χ3v) is 5.72. The third-order valence-electron chi connectivity index (χ3n) is 5.12. The number of benzene rings is 1. The Morgan fingerprint density at radius 1 is 1.20 bits per heavy atom. The summed E-state index contributed by atoms with van der Waals surface area (Å²) >= 11 is 12.2. The van der Waals surface area contributed by atoms with E-state index in [-0.39, 0.29) is 0 Å². The average molecular weight is 450 g/mol. The molecule has 0 bridgehead atoms. The highest BCUT2D eigenvalue weighted by Crippen LogP contribution is 2.35. The first kappa shape index (κ1) is 24.4. The van der Waals surface area contributed by atoms with E-state index < -0.39 is 0 Å². The molecule has 0 aliphatic carbocycles. The number of H-pyrrole nitrogens is 1. The number of fused-ring (bicyclic) bond motifs is 3. The number of aryl methyl sites for hydroxylation is 1. The van der Waals surface area contributed by atoms with Gasteiger partial charge >= 0.3 is 0 Å². The summed E-state index contributed by atoms with van der Waals surface area (Å²) < 4.78 is 0. The normalized spacial score (nSPS) is 15.5. The monoisotopic (exact) mass is 449 g/mol. The van der Waals surface area contributed by atoms with Gasteiger partial charge in [0.05, 0.1) is 16.9 Å². The topological polar surface area (TPSA) is 56.8 Å². The molecule has 1 aromatic carbocycles. The van der Waals surface area contributed by atoms with Crippen molar-refractivity contribution in [2.24, 2.45) is 0 Å². The molecule has 1 aliphatic heterocycles. The molecule has 0 spiro atoms. The minimum absolute atomic E-state index is 0.333. The molecule has 4 rings (SSSR count). The molecule has 5 nitrogen and oxygen atoms in total. The molecule has 164 valence electrons. The average Bonchev–Trinajstić information content (AvgIpc) is 3.14. The molecular formula is C23H33Cl2N5. The Kier molecular flexibility index (Phi) is 9.40. The number of nitrogens with zero attached hydrogens (tertiary/aromatic N) is 3. The molecule has 2 N–H and O–H groups in total. The van der Waals surface area contributed by atoms with E-state index in [0.717, 1.165) is 42.3 Å². The fourth-order valence-electron chi connectivity index (χ4n) is 3.65. The van der Waals surface area contributed by atoms with Crippen molar-refractivity contribution in [1.29, 1.82) is 0 Å². The quantitative estimate of drug-likeness (QED) is 0.467. The molecule has 0 amide bonds. The maximum Gasteiger partial charge on any atom is 0.222 e. The van der Waals surface area contributed by atoms with Crippen LogP contribution < -0.4 is 5.32 Å². The van der Waals surface area contributed by atoms with Gasteiger partial charge in [0.2, 0.25) is 5.95 Å². The molecule has 7 heteroatoms. The summed E-state index contributed by atoms with van der Waals surface area (Å²) in [5.74, 6) is 0.623. The van der Waals surface area contributed by atoms with E-state index >= 15 is 0 Å². The van der Waals surface area contributed by atoms with Gasteiger partial charge in [0.15, 0.2) is 0 Å². The Morgan fingerprint density at radius 3 is 2.63 bits per heavy atom. The van der Waals surface area contributed by atoms with Gasteiger partial charge in [-0.05, 0) is 44.0 Å². The summed E-state index contributed by atoms with van der Waals surface area (Å²) in [4.78, 5) is 14.6. The van der Waals surface area contributed by atoms with Gasteiger partial charge in [0, 0.05) is 47.3 Å². The maximum atomic E-state index is 6.18. The number of nitrogens with one attached hydrogen (secondary N) is 2. The molecule has 3 heterocycles. The van der Waals surface area contributed by atoms with Crippen molar-refractivity contribution in [3.05, 3.63) is 51.4 Å². The largest absolute Gasteiger partial charge is 0.357 e. The lowest BCUT2D eigenvalue weighted by Crippen LogP contribution is -2.37. The van der Waals surface area contributed by atoms with Crippen molar-refractivity contribution in [2.75, 3.05) is 25.0 Å². The molecule has 3 aromatic rings. The molecule has 2 aromatic heterocycles. The predicted molar refractivity (Wildman–Crippen MR) is 130 cm³/mol. The van der Waals surface area contributed by atoms with Crippen molar-refractivity contribution >= 4 is 40.1 Å². The van der Waals surface area contributed by atoms with E-state index in [2.05, 4.69) is 44.2 Å². The van der Waals surface area contributed by atoms with Crippen LogP contribution in [0.3, 0.4) is 0 Å². The van der Waals surface area contributed by atoms with Crippen LogP contribution in [0.5, 0.6) is 0 Å². The lowest BCUT2D eigenvalue weighted by molar-refractivity contribution is 0.203. The highest BCUT2D eigenvalue weighted by Gasteiger charge is 2.26. The molecule has 0 saturated heterocycles. The van der Waals surface area contributed by atoms with Crippen LogP contribution in [-0.4, -0.2) is 39.5 Å². The van der Waals surface area contributed by atoms with Crippen LogP contribution in [0.25, 0.3) is 10.9 Å². The Balaban J connectivity index is 0.000000757. The zero-order valence-electron chi connectivity index (χ0n) is 18.8. The van der Waals surface area contributed by atoms with Crippen molar-refractivity contribution in [3.63, 3.8) is 0 Å². The highest BCUT2D eigenvalue weighted by atomic mass is 35.5. The van der Waals surface area contributed by atoms with Gasteiger partial charge in [-0.2, -0.15) is 0 Å². The van der Waals surface area contributed by atoms with E-state index in [1.54, 1.807) is 6.20 Å². The summed E-state index contributed by atoms with van der Waals surface area (Å²) in [6.07, 6.45) is 2.66. The van der Waals surface area contributed by atoms with E-state index in [4.69, 9.17) is 23.2 Å². The standard InChI is InChI=1S/C19H21Cl2N5.2C2H6/c1-11-16(21)10-23-19(24-11)22-6-8-26-7-5-14-15-9-13(20)3-4-17(15)25-18(14)12(26)2;2*1-2/h3-4,9-10,12,25H,5-8H2,1-2H3,(H,22,23,24);2*1-2H3. The SMILES string of the molecule is CC.CC.Cc1nc(NCCN2CCc3c([nH]c4ccc(Cl)cc34)C2C)ncc1Cl. The van der Waals surface area contributed by atoms with Crippen molar-refractivity contribution in [1.82, 2.24) is 19.9 Å². The molecule has 0 saturated carbocycles. The summed E-state index contributed by atoms with van der Waals surface area (Å²) in [5.41, 5.74) is 4.65. The molecule has 1 atom stereocenters. The third kappa shape index (κ3) is 5.45. The molecule has 0 fully saturated rings. The predicted octanol–water partition coefficient (Wildman–Crippen LogP) is 6.66. The molecule has 1 unspecified atom stereocenters. The van der Waals surface area contributed by atoms with E-state index in [0.29, 0.717) is 17.0 Å². The number of anilines is 1. The minimum Gasteiger partial charge on any atom is -0.357 e. The van der Waals surface area contributed by atoms with Crippen LogP contribution in [0.1, 0.15) is 57.6 Å². The van der Waals surface area contributed by atoms with Crippen molar-refractivity contribution in [3.8, 4) is 0 Å². The van der Waals surface area contributed by atoms with Gasteiger partial charge < -0.3 is 10.3 Å². The lowest BCUT2D eigenvalue weighted by Gasteiger charge is -2.33. The number of hydrogen-bond donors (Lipinski definition) is 2. The van der Waals surface area contributed by atoms with Crippen LogP contribution >= 0.6 is 23.2 Å². The molecular weight excluding hydrogens is 417 g/mol. The Morgan fingerprint density at radius 2 is 1.93 bits per heavy atom. The van der Waals surface area contributed by atoms with Crippen molar-refractivity contribution in [2.45, 2.75) is 54.0 Å². The van der Waals surface area contributed by atoms with E-state index in [1.165, 1.54) is 16.6 Å². The fraction of sp³-hybridized carbons (Fsp3) is 0.478. The Hall–Kier alpha value is -1.82. The van der Waals surface area contributed by atoms with Crippen LogP contribution in [-0.2, 0) is 6.42 Å².